The molecule has 1 saturated heterocycles. The molecule has 2 aromatic carbocycles. The van der Waals surface area contributed by atoms with Crippen molar-refractivity contribution in [3.63, 3.8) is 0 Å². The lowest BCUT2D eigenvalue weighted by Crippen LogP contribution is -2.44. The maximum absolute atomic E-state index is 12.9. The number of halogens is 1. The Labute approximate surface area is 165 Å². The molecule has 0 aliphatic carbocycles. The monoisotopic (exact) mass is 406 g/mol. The summed E-state index contributed by atoms with van der Waals surface area (Å²) in [5.41, 5.74) is 0.876. The standard InChI is InChI=1S/C20H23ClN2O3S/c1-2-23(18-6-4-3-5-7-18)20(24)16-12-14-22(15-13-16)27(25,26)19-10-8-17(21)9-11-19/h3-11,16H,2,12-15H2,1H3. The largest absolute Gasteiger partial charge is 0.312 e. The minimum atomic E-state index is -3.56. The van der Waals surface area contributed by atoms with Crippen LogP contribution in [0.5, 0.6) is 0 Å². The van der Waals surface area contributed by atoms with E-state index in [2.05, 4.69) is 0 Å². The number of nitrogens with zero attached hydrogens (tertiary/aromatic N) is 2. The van der Waals surface area contributed by atoms with E-state index >= 15 is 0 Å². The van der Waals surface area contributed by atoms with Crippen LogP contribution in [-0.2, 0) is 14.8 Å². The molecule has 0 aromatic heterocycles. The van der Waals surface area contributed by atoms with Gasteiger partial charge < -0.3 is 4.90 Å². The zero-order valence-electron chi connectivity index (χ0n) is 15.2. The second kappa shape index (κ2) is 8.42. The molecule has 0 saturated carbocycles. The van der Waals surface area contributed by atoms with Crippen LogP contribution in [0.2, 0.25) is 5.02 Å². The van der Waals surface area contributed by atoms with Gasteiger partial charge in [-0.05, 0) is 56.2 Å². The third-order valence-electron chi connectivity index (χ3n) is 4.90. The van der Waals surface area contributed by atoms with Gasteiger partial charge in [-0.3, -0.25) is 4.79 Å². The molecule has 0 N–H and O–H groups in total. The number of benzene rings is 2. The van der Waals surface area contributed by atoms with Crippen LogP contribution < -0.4 is 4.90 Å². The highest BCUT2D eigenvalue weighted by Crippen LogP contribution is 2.27. The Balaban J connectivity index is 1.67. The lowest BCUT2D eigenvalue weighted by molar-refractivity contribution is -0.123. The first kappa shape index (κ1) is 19.9. The van der Waals surface area contributed by atoms with E-state index < -0.39 is 10.0 Å². The summed E-state index contributed by atoms with van der Waals surface area (Å²) in [5.74, 6) is -0.103. The minimum absolute atomic E-state index is 0.0623. The molecule has 27 heavy (non-hydrogen) atoms. The lowest BCUT2D eigenvalue weighted by Gasteiger charge is -2.33. The summed E-state index contributed by atoms with van der Waals surface area (Å²) in [7, 11) is -3.56. The van der Waals surface area contributed by atoms with Crippen molar-refractivity contribution >= 4 is 33.2 Å². The summed E-state index contributed by atoms with van der Waals surface area (Å²) in [6.45, 7) is 3.22. The third-order valence-corrected chi connectivity index (χ3v) is 7.07. The molecule has 0 spiro atoms. The lowest BCUT2D eigenvalue weighted by atomic mass is 9.96. The first-order chi connectivity index (χ1) is 12.9. The fourth-order valence-corrected chi connectivity index (χ4v) is 4.99. The average Bonchev–Trinajstić information content (AvgIpc) is 2.70. The number of rotatable bonds is 5. The summed E-state index contributed by atoms with van der Waals surface area (Å²) < 4.78 is 27.0. The predicted octanol–water partition coefficient (Wildman–Crippen LogP) is 3.79. The molecule has 0 unspecified atom stereocenters. The van der Waals surface area contributed by atoms with E-state index in [1.54, 1.807) is 17.0 Å². The smallest absolute Gasteiger partial charge is 0.243 e. The topological polar surface area (TPSA) is 57.7 Å². The Kier molecular flexibility index (Phi) is 6.19. The van der Waals surface area contributed by atoms with Crippen LogP contribution in [0.15, 0.2) is 59.5 Å². The number of anilines is 1. The van der Waals surface area contributed by atoms with Gasteiger partial charge in [-0.15, -0.1) is 0 Å². The molecule has 7 heteroatoms. The Morgan fingerprint density at radius 1 is 1.07 bits per heavy atom. The highest BCUT2D eigenvalue weighted by atomic mass is 35.5. The van der Waals surface area contributed by atoms with Crippen LogP contribution in [-0.4, -0.2) is 38.3 Å². The van der Waals surface area contributed by atoms with E-state index in [4.69, 9.17) is 11.6 Å². The van der Waals surface area contributed by atoms with Crippen molar-refractivity contribution in [3.05, 3.63) is 59.6 Å². The number of carbonyl (C=O) groups excluding carboxylic acids is 1. The molecule has 0 radical (unpaired) electrons. The van der Waals surface area contributed by atoms with Gasteiger partial charge in [-0.2, -0.15) is 4.31 Å². The maximum Gasteiger partial charge on any atom is 0.243 e. The number of hydrogen-bond acceptors (Lipinski definition) is 3. The normalized spacial score (nSPS) is 16.2. The van der Waals surface area contributed by atoms with Gasteiger partial charge in [0.05, 0.1) is 4.90 Å². The van der Waals surface area contributed by atoms with Gasteiger partial charge in [-0.25, -0.2) is 8.42 Å². The Hall–Kier alpha value is -1.89. The highest BCUT2D eigenvalue weighted by Gasteiger charge is 2.33. The van der Waals surface area contributed by atoms with Gasteiger partial charge in [0.15, 0.2) is 0 Å². The number of amides is 1. The first-order valence-electron chi connectivity index (χ1n) is 9.05. The molecule has 1 heterocycles. The molecular weight excluding hydrogens is 384 g/mol. The molecule has 1 aliphatic rings. The molecule has 5 nitrogen and oxygen atoms in total. The van der Waals surface area contributed by atoms with E-state index in [0.29, 0.717) is 37.5 Å². The zero-order valence-corrected chi connectivity index (χ0v) is 16.8. The van der Waals surface area contributed by atoms with Crippen LogP contribution in [0.1, 0.15) is 19.8 Å². The van der Waals surface area contributed by atoms with E-state index in [0.717, 1.165) is 5.69 Å². The van der Waals surface area contributed by atoms with E-state index in [1.165, 1.54) is 16.4 Å². The summed E-state index contributed by atoms with van der Waals surface area (Å²) in [6.07, 6.45) is 1.05. The molecule has 0 atom stereocenters. The molecule has 2 aromatic rings. The van der Waals surface area contributed by atoms with Crippen LogP contribution in [0.3, 0.4) is 0 Å². The van der Waals surface area contributed by atoms with Crippen LogP contribution in [0.25, 0.3) is 0 Å². The SMILES string of the molecule is CCN(C(=O)C1CCN(S(=O)(=O)c2ccc(Cl)cc2)CC1)c1ccccc1. The van der Waals surface area contributed by atoms with Crippen molar-refractivity contribution in [2.24, 2.45) is 5.92 Å². The van der Waals surface area contributed by atoms with Crippen molar-refractivity contribution in [2.75, 3.05) is 24.5 Å². The molecule has 1 aliphatic heterocycles. The van der Waals surface area contributed by atoms with Crippen molar-refractivity contribution in [1.29, 1.82) is 0 Å². The fourth-order valence-electron chi connectivity index (χ4n) is 3.39. The van der Waals surface area contributed by atoms with Gasteiger partial charge in [-0.1, -0.05) is 29.8 Å². The molecule has 144 valence electrons. The quantitative estimate of drug-likeness (QED) is 0.758. The zero-order chi connectivity index (χ0) is 19.4. The second-order valence-corrected chi connectivity index (χ2v) is 8.92. The molecule has 1 fully saturated rings. The van der Waals surface area contributed by atoms with E-state index in [1.807, 2.05) is 37.3 Å². The van der Waals surface area contributed by atoms with E-state index in [9.17, 15) is 13.2 Å². The van der Waals surface area contributed by atoms with Crippen molar-refractivity contribution in [3.8, 4) is 0 Å². The second-order valence-electron chi connectivity index (χ2n) is 6.55. The maximum atomic E-state index is 12.9. The molecule has 1 amide bonds. The predicted molar refractivity (Wildman–Crippen MR) is 107 cm³/mol. The number of carbonyl (C=O) groups is 1. The minimum Gasteiger partial charge on any atom is -0.312 e. The van der Waals surface area contributed by atoms with Crippen LogP contribution >= 0.6 is 11.6 Å². The number of piperidine rings is 1. The van der Waals surface area contributed by atoms with Gasteiger partial charge in [0.2, 0.25) is 15.9 Å². The van der Waals surface area contributed by atoms with Gasteiger partial charge >= 0.3 is 0 Å². The van der Waals surface area contributed by atoms with Crippen molar-refractivity contribution in [1.82, 2.24) is 4.31 Å². The number of hydrogen-bond donors (Lipinski definition) is 0. The summed E-state index contributed by atoms with van der Waals surface area (Å²) in [6, 6.07) is 15.8. The van der Waals surface area contributed by atoms with Crippen LogP contribution in [0.4, 0.5) is 5.69 Å². The number of sulfonamides is 1. The van der Waals surface area contributed by atoms with Crippen LogP contribution in [0, 0.1) is 5.92 Å². The molecule has 0 bridgehead atoms. The molecular formula is C20H23ClN2O3S. The Bertz CT molecular complexity index is 877. The number of para-hydroxylation sites is 1. The van der Waals surface area contributed by atoms with Gasteiger partial charge in [0, 0.05) is 36.3 Å². The Morgan fingerprint density at radius 3 is 2.22 bits per heavy atom. The highest BCUT2D eigenvalue weighted by molar-refractivity contribution is 7.89. The summed E-state index contributed by atoms with van der Waals surface area (Å²) in [5, 5.41) is 0.499. The van der Waals surface area contributed by atoms with Crippen molar-refractivity contribution < 1.29 is 13.2 Å². The van der Waals surface area contributed by atoms with Gasteiger partial charge in [0.1, 0.15) is 0 Å². The third kappa shape index (κ3) is 4.34. The first-order valence-corrected chi connectivity index (χ1v) is 10.9. The Morgan fingerprint density at radius 2 is 1.67 bits per heavy atom. The average molecular weight is 407 g/mol. The summed E-state index contributed by atoms with van der Waals surface area (Å²) >= 11 is 5.84. The van der Waals surface area contributed by atoms with Crippen molar-refractivity contribution in [2.45, 2.75) is 24.7 Å². The molecule has 3 rings (SSSR count). The van der Waals surface area contributed by atoms with Gasteiger partial charge in [0.25, 0.3) is 0 Å². The van der Waals surface area contributed by atoms with E-state index in [-0.39, 0.29) is 16.7 Å². The fraction of sp³-hybridized carbons (Fsp3) is 0.350. The summed E-state index contributed by atoms with van der Waals surface area (Å²) in [4.78, 5) is 14.9.